The van der Waals surface area contributed by atoms with Crippen molar-refractivity contribution in [3.63, 3.8) is 0 Å². The molecule has 24 heavy (non-hydrogen) atoms. The molecule has 0 unspecified atom stereocenters. The van der Waals surface area contributed by atoms with E-state index in [9.17, 15) is 0 Å². The van der Waals surface area contributed by atoms with Gasteiger partial charge in [-0.25, -0.2) is 4.98 Å². The molecule has 7 heteroatoms. The Morgan fingerprint density at radius 3 is 2.62 bits per heavy atom. The molecule has 2 N–H and O–H groups in total. The monoisotopic (exact) mass is 459 g/mol. The summed E-state index contributed by atoms with van der Waals surface area (Å²) in [6, 6.07) is 7.81. The summed E-state index contributed by atoms with van der Waals surface area (Å²) >= 11 is 5.78. The summed E-state index contributed by atoms with van der Waals surface area (Å²) in [4.78, 5) is 12.8. The molecule has 2 aromatic heterocycles. The molecule has 0 aliphatic heterocycles. The second kappa shape index (κ2) is 12.0. The van der Waals surface area contributed by atoms with Crippen LogP contribution < -0.4 is 10.6 Å². The molecular weight excluding hydrogens is 437 g/mol. The van der Waals surface area contributed by atoms with Gasteiger partial charge in [-0.05, 0) is 43.0 Å². The lowest BCUT2D eigenvalue weighted by atomic mass is 10.2. The molecule has 0 saturated heterocycles. The van der Waals surface area contributed by atoms with Crippen LogP contribution in [0.2, 0.25) is 5.15 Å². The number of halogens is 2. The fourth-order valence-electron chi connectivity index (χ4n) is 2.06. The van der Waals surface area contributed by atoms with Crippen LogP contribution in [0.1, 0.15) is 18.1 Å². The van der Waals surface area contributed by atoms with Gasteiger partial charge in [-0.3, -0.25) is 9.98 Å². The van der Waals surface area contributed by atoms with Crippen LogP contribution in [-0.4, -0.2) is 35.6 Å². The van der Waals surface area contributed by atoms with Gasteiger partial charge in [0.05, 0.1) is 0 Å². The van der Waals surface area contributed by atoms with E-state index in [0.29, 0.717) is 11.7 Å². The van der Waals surface area contributed by atoms with Gasteiger partial charge in [-0.2, -0.15) is 0 Å². The molecule has 0 atom stereocenters. The first-order valence-corrected chi connectivity index (χ1v) is 8.17. The zero-order chi connectivity index (χ0) is 16.3. The highest BCUT2D eigenvalue weighted by Gasteiger charge is 1.99. The van der Waals surface area contributed by atoms with Gasteiger partial charge in [-0.15, -0.1) is 24.0 Å². The highest BCUT2D eigenvalue weighted by molar-refractivity contribution is 14.0. The van der Waals surface area contributed by atoms with Gasteiger partial charge in [0.25, 0.3) is 0 Å². The van der Waals surface area contributed by atoms with Gasteiger partial charge in [0.1, 0.15) is 5.15 Å². The summed E-state index contributed by atoms with van der Waals surface area (Å²) in [7, 11) is 0. The minimum Gasteiger partial charge on any atom is -0.357 e. The number of pyridine rings is 2. The lowest BCUT2D eigenvalue weighted by Crippen LogP contribution is -2.38. The average Bonchev–Trinajstić information content (AvgIpc) is 2.58. The second-order valence-corrected chi connectivity index (χ2v) is 5.43. The Bertz CT molecular complexity index is 604. The Morgan fingerprint density at radius 2 is 1.96 bits per heavy atom. The third-order valence-corrected chi connectivity index (χ3v) is 3.46. The zero-order valence-corrected chi connectivity index (χ0v) is 16.8. The predicted octanol–water partition coefficient (Wildman–Crippen LogP) is 3.09. The van der Waals surface area contributed by atoms with E-state index >= 15 is 0 Å². The van der Waals surface area contributed by atoms with Gasteiger partial charge in [0, 0.05) is 38.2 Å². The zero-order valence-electron chi connectivity index (χ0n) is 13.7. The maximum Gasteiger partial charge on any atom is 0.191 e. The van der Waals surface area contributed by atoms with Gasteiger partial charge < -0.3 is 10.6 Å². The van der Waals surface area contributed by atoms with E-state index in [1.165, 1.54) is 5.56 Å². The number of nitrogens with zero attached hydrogens (tertiary/aromatic N) is 3. The van der Waals surface area contributed by atoms with Crippen molar-refractivity contribution in [3.8, 4) is 0 Å². The van der Waals surface area contributed by atoms with Crippen LogP contribution >= 0.6 is 35.6 Å². The van der Waals surface area contributed by atoms with E-state index in [4.69, 9.17) is 11.6 Å². The highest BCUT2D eigenvalue weighted by atomic mass is 127. The number of guanidine groups is 1. The van der Waals surface area contributed by atoms with Gasteiger partial charge in [0.15, 0.2) is 5.96 Å². The van der Waals surface area contributed by atoms with Crippen molar-refractivity contribution in [2.24, 2.45) is 4.99 Å². The molecule has 5 nitrogen and oxygen atoms in total. The molecule has 0 spiro atoms. The first kappa shape index (κ1) is 20.6. The Kier molecular flexibility index (Phi) is 10.3. The minimum absolute atomic E-state index is 0. The molecular formula is C17H23ClIN5. The first-order chi connectivity index (χ1) is 11.3. The largest absolute Gasteiger partial charge is 0.357 e. The summed E-state index contributed by atoms with van der Waals surface area (Å²) in [6.45, 7) is 4.41. The summed E-state index contributed by atoms with van der Waals surface area (Å²) < 4.78 is 0. The van der Waals surface area contributed by atoms with Crippen molar-refractivity contribution in [3.05, 3.63) is 59.1 Å². The summed E-state index contributed by atoms with van der Waals surface area (Å²) in [5.41, 5.74) is 2.34. The molecule has 0 radical (unpaired) electrons. The Hall–Kier alpha value is -1.41. The normalized spacial score (nSPS) is 10.8. The van der Waals surface area contributed by atoms with Gasteiger partial charge in [-0.1, -0.05) is 23.7 Å². The van der Waals surface area contributed by atoms with Crippen LogP contribution in [0.3, 0.4) is 0 Å². The fourth-order valence-corrected chi connectivity index (χ4v) is 2.18. The third-order valence-electron chi connectivity index (χ3n) is 3.23. The molecule has 2 heterocycles. The molecule has 0 aliphatic carbocycles. The van der Waals surface area contributed by atoms with E-state index in [-0.39, 0.29) is 24.0 Å². The molecule has 2 aromatic rings. The van der Waals surface area contributed by atoms with Crippen molar-refractivity contribution in [1.82, 2.24) is 20.6 Å². The average molecular weight is 460 g/mol. The topological polar surface area (TPSA) is 62.2 Å². The van der Waals surface area contributed by atoms with Gasteiger partial charge >= 0.3 is 0 Å². The van der Waals surface area contributed by atoms with Crippen LogP contribution in [-0.2, 0) is 12.8 Å². The quantitative estimate of drug-likeness (QED) is 0.289. The summed E-state index contributed by atoms with van der Waals surface area (Å²) in [5.74, 6) is 0.832. The number of aliphatic imine (C=N–C) groups is 1. The Labute approximate surface area is 165 Å². The maximum absolute atomic E-state index is 5.78. The molecule has 0 fully saturated rings. The van der Waals surface area contributed by atoms with Crippen LogP contribution in [0.25, 0.3) is 0 Å². The number of aromatic nitrogens is 2. The molecule has 2 rings (SSSR count). The van der Waals surface area contributed by atoms with Crippen molar-refractivity contribution in [2.75, 3.05) is 19.6 Å². The first-order valence-electron chi connectivity index (χ1n) is 7.79. The molecule has 130 valence electrons. The Morgan fingerprint density at radius 1 is 1.12 bits per heavy atom. The third kappa shape index (κ3) is 7.92. The second-order valence-electron chi connectivity index (χ2n) is 5.04. The minimum atomic E-state index is 0. The standard InChI is InChI=1S/C17H22ClN5.HI/c1-2-20-17(21-10-7-14-4-3-9-19-12-14)22-11-8-15-5-6-16(18)23-13-15;/h3-6,9,12-13H,2,7-8,10-11H2,1H3,(H2,20,21,22);1H. The van der Waals surface area contributed by atoms with Crippen molar-refractivity contribution >= 4 is 41.5 Å². The van der Waals surface area contributed by atoms with E-state index < -0.39 is 0 Å². The van der Waals surface area contributed by atoms with E-state index in [0.717, 1.165) is 37.5 Å². The van der Waals surface area contributed by atoms with Crippen molar-refractivity contribution in [2.45, 2.75) is 19.8 Å². The predicted molar refractivity (Wildman–Crippen MR) is 110 cm³/mol. The Balaban J connectivity index is 0.00000288. The van der Waals surface area contributed by atoms with E-state index in [1.807, 2.05) is 18.3 Å². The van der Waals surface area contributed by atoms with Crippen LogP contribution in [0.15, 0.2) is 47.8 Å². The van der Waals surface area contributed by atoms with Crippen LogP contribution in [0.4, 0.5) is 0 Å². The summed E-state index contributed by atoms with van der Waals surface area (Å²) in [5, 5.41) is 7.11. The van der Waals surface area contributed by atoms with Crippen LogP contribution in [0.5, 0.6) is 0 Å². The number of nitrogens with one attached hydrogen (secondary N) is 2. The molecule has 0 amide bonds. The molecule has 0 bridgehead atoms. The summed E-state index contributed by atoms with van der Waals surface area (Å²) in [6.07, 6.45) is 7.22. The van der Waals surface area contributed by atoms with E-state index in [2.05, 4.69) is 38.6 Å². The van der Waals surface area contributed by atoms with Gasteiger partial charge in [0.2, 0.25) is 0 Å². The van der Waals surface area contributed by atoms with Crippen molar-refractivity contribution < 1.29 is 0 Å². The highest BCUT2D eigenvalue weighted by Crippen LogP contribution is 2.05. The SMILES string of the molecule is CCNC(=NCCc1ccc(Cl)nc1)NCCc1cccnc1.I. The lowest BCUT2D eigenvalue weighted by molar-refractivity contribution is 0.795. The maximum atomic E-state index is 5.78. The lowest BCUT2D eigenvalue weighted by Gasteiger charge is -2.11. The fraction of sp³-hybridized carbons (Fsp3) is 0.353. The number of hydrogen-bond donors (Lipinski definition) is 2. The number of hydrogen-bond acceptors (Lipinski definition) is 3. The molecule has 0 saturated carbocycles. The van der Waals surface area contributed by atoms with Crippen molar-refractivity contribution in [1.29, 1.82) is 0 Å². The van der Waals surface area contributed by atoms with E-state index in [1.54, 1.807) is 18.5 Å². The number of rotatable bonds is 7. The smallest absolute Gasteiger partial charge is 0.191 e. The molecule has 0 aromatic carbocycles. The van der Waals surface area contributed by atoms with Crippen LogP contribution in [0, 0.1) is 0 Å². The molecule has 0 aliphatic rings.